The van der Waals surface area contributed by atoms with Gasteiger partial charge in [-0.1, -0.05) is 6.07 Å². The number of thiophene rings is 1. The summed E-state index contributed by atoms with van der Waals surface area (Å²) in [7, 11) is 0. The molecular weight excluding hydrogens is 148 g/mol. The number of allylic oxidation sites excluding steroid dienone is 1. The summed E-state index contributed by atoms with van der Waals surface area (Å²) < 4.78 is 0. The summed E-state index contributed by atoms with van der Waals surface area (Å²) in [6.07, 6.45) is 1.70. The summed E-state index contributed by atoms with van der Waals surface area (Å²) in [5.41, 5.74) is 0. The zero-order valence-corrected chi connectivity index (χ0v) is 5.97. The first-order chi connectivity index (χ1) is 4.84. The maximum atomic E-state index is 9.88. The Kier molecular flexibility index (Phi) is 2.23. The van der Waals surface area contributed by atoms with Gasteiger partial charge in [0, 0.05) is 6.08 Å². The van der Waals surface area contributed by atoms with Gasteiger partial charge in [-0.15, -0.1) is 11.3 Å². The van der Waals surface area contributed by atoms with Crippen molar-refractivity contribution >= 4 is 23.4 Å². The van der Waals surface area contributed by atoms with Gasteiger partial charge < -0.3 is 5.11 Å². The van der Waals surface area contributed by atoms with E-state index in [4.69, 9.17) is 5.11 Å². The highest BCUT2D eigenvalue weighted by molar-refractivity contribution is 7.11. The standard InChI is InChI=1S/C7H6O2S/c8-4-3-6(9)7-2-1-5-10-7/h1-5,9H/b6-3+. The molecule has 0 saturated heterocycles. The molecule has 0 aliphatic rings. The number of aliphatic hydroxyl groups excluding tert-OH is 1. The molecule has 0 fully saturated rings. The summed E-state index contributed by atoms with van der Waals surface area (Å²) in [5, 5.41) is 10.9. The Hall–Kier alpha value is -1.09. The molecule has 1 aromatic heterocycles. The Bertz CT molecular complexity index is 236. The van der Waals surface area contributed by atoms with Gasteiger partial charge in [0.05, 0.1) is 4.88 Å². The quantitative estimate of drug-likeness (QED) is 0.401. The molecule has 0 unspecified atom stereocenters. The summed E-state index contributed by atoms with van der Waals surface area (Å²) in [6.45, 7) is 0. The van der Waals surface area contributed by atoms with Crippen LogP contribution in [0.15, 0.2) is 23.6 Å². The average Bonchev–Trinajstić information content (AvgIpc) is 2.38. The van der Waals surface area contributed by atoms with E-state index in [1.54, 1.807) is 6.07 Å². The Morgan fingerprint density at radius 2 is 2.50 bits per heavy atom. The molecule has 2 nitrogen and oxygen atoms in total. The van der Waals surface area contributed by atoms with Crippen molar-refractivity contribution in [2.45, 2.75) is 0 Å². The minimum absolute atomic E-state index is 0.0324. The van der Waals surface area contributed by atoms with Crippen molar-refractivity contribution in [3.8, 4) is 0 Å². The molecule has 1 aromatic rings. The van der Waals surface area contributed by atoms with Crippen LogP contribution in [0.2, 0.25) is 0 Å². The molecule has 0 spiro atoms. The molecule has 0 aliphatic heterocycles. The average molecular weight is 154 g/mol. The van der Waals surface area contributed by atoms with E-state index in [0.717, 1.165) is 6.08 Å². The molecular formula is C7H6O2S. The van der Waals surface area contributed by atoms with Crippen LogP contribution in [0.4, 0.5) is 0 Å². The topological polar surface area (TPSA) is 37.3 Å². The van der Waals surface area contributed by atoms with E-state index in [0.29, 0.717) is 11.2 Å². The van der Waals surface area contributed by atoms with Crippen LogP contribution >= 0.6 is 11.3 Å². The van der Waals surface area contributed by atoms with Crippen LogP contribution in [0.3, 0.4) is 0 Å². The van der Waals surface area contributed by atoms with Crippen molar-refractivity contribution in [3.63, 3.8) is 0 Å². The van der Waals surface area contributed by atoms with E-state index < -0.39 is 0 Å². The maximum Gasteiger partial charge on any atom is 0.146 e. The predicted molar refractivity (Wildman–Crippen MR) is 41.0 cm³/mol. The van der Waals surface area contributed by atoms with Gasteiger partial charge >= 0.3 is 0 Å². The lowest BCUT2D eigenvalue weighted by molar-refractivity contribution is -0.104. The highest BCUT2D eigenvalue weighted by Gasteiger charge is 1.96. The lowest BCUT2D eigenvalue weighted by Crippen LogP contribution is -1.75. The molecule has 0 atom stereocenters. The molecule has 0 bridgehead atoms. The van der Waals surface area contributed by atoms with Crippen molar-refractivity contribution in [3.05, 3.63) is 28.5 Å². The summed E-state index contributed by atoms with van der Waals surface area (Å²) in [5.74, 6) is 0.0324. The normalized spacial score (nSPS) is 11.4. The Labute approximate surface area is 62.4 Å². The van der Waals surface area contributed by atoms with Crippen molar-refractivity contribution in [1.29, 1.82) is 0 Å². The third-order valence-electron chi connectivity index (χ3n) is 1.000. The van der Waals surface area contributed by atoms with E-state index >= 15 is 0 Å². The zero-order chi connectivity index (χ0) is 7.40. The smallest absolute Gasteiger partial charge is 0.146 e. The minimum atomic E-state index is 0.0324. The number of hydrogen-bond acceptors (Lipinski definition) is 3. The molecule has 0 radical (unpaired) electrons. The van der Waals surface area contributed by atoms with Gasteiger partial charge in [-0.3, -0.25) is 4.79 Å². The second kappa shape index (κ2) is 3.17. The maximum absolute atomic E-state index is 9.88. The zero-order valence-electron chi connectivity index (χ0n) is 5.15. The van der Waals surface area contributed by atoms with Gasteiger partial charge in [0.25, 0.3) is 0 Å². The third-order valence-corrected chi connectivity index (χ3v) is 1.89. The first kappa shape index (κ1) is 7.02. The van der Waals surface area contributed by atoms with Crippen LogP contribution in [0, 0.1) is 0 Å². The van der Waals surface area contributed by atoms with Crippen molar-refractivity contribution in [1.82, 2.24) is 0 Å². The number of aliphatic hydroxyl groups is 1. The molecule has 52 valence electrons. The third kappa shape index (κ3) is 1.45. The number of aldehydes is 1. The van der Waals surface area contributed by atoms with Gasteiger partial charge in [0.2, 0.25) is 0 Å². The van der Waals surface area contributed by atoms with E-state index in [1.807, 2.05) is 11.4 Å². The summed E-state index contributed by atoms with van der Waals surface area (Å²) in [6, 6.07) is 3.56. The Morgan fingerprint density at radius 1 is 1.70 bits per heavy atom. The van der Waals surface area contributed by atoms with E-state index in [1.165, 1.54) is 11.3 Å². The van der Waals surface area contributed by atoms with Gasteiger partial charge in [-0.05, 0) is 11.4 Å². The highest BCUT2D eigenvalue weighted by atomic mass is 32.1. The second-order valence-electron chi connectivity index (χ2n) is 1.67. The summed E-state index contributed by atoms with van der Waals surface area (Å²) >= 11 is 1.39. The largest absolute Gasteiger partial charge is 0.506 e. The van der Waals surface area contributed by atoms with Crippen LogP contribution in [0.5, 0.6) is 0 Å². The summed E-state index contributed by atoms with van der Waals surface area (Å²) in [4.78, 5) is 10.6. The molecule has 3 heteroatoms. The Morgan fingerprint density at radius 3 is 3.00 bits per heavy atom. The van der Waals surface area contributed by atoms with Gasteiger partial charge in [-0.25, -0.2) is 0 Å². The fourth-order valence-electron chi connectivity index (χ4n) is 0.571. The number of carbonyl (C=O) groups excluding carboxylic acids is 1. The fourth-order valence-corrected chi connectivity index (χ4v) is 1.22. The highest BCUT2D eigenvalue weighted by Crippen LogP contribution is 2.16. The number of rotatable bonds is 2. The van der Waals surface area contributed by atoms with Crippen LogP contribution < -0.4 is 0 Å². The lowest BCUT2D eigenvalue weighted by atomic mass is 10.4. The van der Waals surface area contributed by atoms with Gasteiger partial charge in [0.1, 0.15) is 12.0 Å². The first-order valence-electron chi connectivity index (χ1n) is 2.73. The molecule has 1 N–H and O–H groups in total. The molecule has 1 rings (SSSR count). The van der Waals surface area contributed by atoms with Crippen molar-refractivity contribution < 1.29 is 9.90 Å². The van der Waals surface area contributed by atoms with E-state index in [-0.39, 0.29) is 5.76 Å². The lowest BCUT2D eigenvalue weighted by Gasteiger charge is -1.88. The monoisotopic (exact) mass is 154 g/mol. The fraction of sp³-hybridized carbons (Fsp3) is 0. The van der Waals surface area contributed by atoms with Gasteiger partial charge in [0.15, 0.2) is 0 Å². The Balaban J connectivity index is 2.86. The van der Waals surface area contributed by atoms with Crippen LogP contribution in [0.25, 0.3) is 5.76 Å². The van der Waals surface area contributed by atoms with Crippen molar-refractivity contribution in [2.75, 3.05) is 0 Å². The predicted octanol–water partition coefficient (Wildman–Crippen LogP) is 1.85. The molecule has 0 aromatic carbocycles. The second-order valence-corrected chi connectivity index (χ2v) is 2.61. The molecule has 0 saturated carbocycles. The SMILES string of the molecule is O=C/C=C(/O)c1cccs1. The molecule has 0 aliphatic carbocycles. The van der Waals surface area contributed by atoms with Crippen LogP contribution in [0.1, 0.15) is 4.88 Å². The molecule has 10 heavy (non-hydrogen) atoms. The molecule has 0 amide bonds. The number of hydrogen-bond donors (Lipinski definition) is 1. The van der Waals surface area contributed by atoms with E-state index in [2.05, 4.69) is 0 Å². The van der Waals surface area contributed by atoms with Crippen LogP contribution in [-0.4, -0.2) is 11.4 Å². The van der Waals surface area contributed by atoms with Crippen LogP contribution in [-0.2, 0) is 4.79 Å². The van der Waals surface area contributed by atoms with Gasteiger partial charge in [-0.2, -0.15) is 0 Å². The van der Waals surface area contributed by atoms with Crippen molar-refractivity contribution in [2.24, 2.45) is 0 Å². The molecule has 1 heterocycles. The van der Waals surface area contributed by atoms with E-state index in [9.17, 15) is 4.79 Å². The number of carbonyl (C=O) groups is 1. The minimum Gasteiger partial charge on any atom is -0.506 e. The first-order valence-corrected chi connectivity index (χ1v) is 3.61.